The van der Waals surface area contributed by atoms with Gasteiger partial charge < -0.3 is 14.4 Å². The number of aromatic nitrogens is 1. The second kappa shape index (κ2) is 5.98. The van der Waals surface area contributed by atoms with Crippen molar-refractivity contribution >= 4 is 10.9 Å². The predicted octanol–water partition coefficient (Wildman–Crippen LogP) is 2.99. The number of aliphatic hydroxyl groups excluding tert-OH is 1. The van der Waals surface area contributed by atoms with Crippen LogP contribution < -0.4 is 0 Å². The number of para-hydroxylation sites is 1. The van der Waals surface area contributed by atoms with E-state index in [1.165, 1.54) is 16.6 Å². The molecule has 1 atom stereocenters. The summed E-state index contributed by atoms with van der Waals surface area (Å²) < 4.78 is 7.85. The smallest absolute Gasteiger partial charge is 0.0566 e. The van der Waals surface area contributed by atoms with E-state index in [4.69, 9.17) is 4.74 Å². The number of hydrogen-bond donors (Lipinski definition) is 1. The molecule has 108 valence electrons. The van der Waals surface area contributed by atoms with Gasteiger partial charge in [-0.25, -0.2) is 0 Å². The molecule has 0 bridgehead atoms. The Morgan fingerprint density at radius 2 is 2.05 bits per heavy atom. The summed E-state index contributed by atoms with van der Waals surface area (Å²) in [4.78, 5) is 0. The van der Waals surface area contributed by atoms with Crippen LogP contribution in [-0.4, -0.2) is 29.0 Å². The molecule has 1 aliphatic rings. The lowest BCUT2D eigenvalue weighted by Gasteiger charge is -2.24. The monoisotopic (exact) mass is 273 g/mol. The molecule has 0 saturated carbocycles. The molecule has 1 N–H and O–H groups in total. The number of benzene rings is 1. The number of ether oxygens (including phenoxy) is 1. The molecule has 1 aromatic heterocycles. The van der Waals surface area contributed by atoms with E-state index in [0.717, 1.165) is 39.0 Å². The summed E-state index contributed by atoms with van der Waals surface area (Å²) in [5.74, 6) is 0.687. The Labute approximate surface area is 120 Å². The van der Waals surface area contributed by atoms with Crippen molar-refractivity contribution in [3.05, 3.63) is 36.0 Å². The number of aliphatic hydroxyl groups is 1. The van der Waals surface area contributed by atoms with Gasteiger partial charge in [0.2, 0.25) is 0 Å². The van der Waals surface area contributed by atoms with Crippen molar-refractivity contribution in [2.45, 2.75) is 38.8 Å². The van der Waals surface area contributed by atoms with Crippen LogP contribution in [0.4, 0.5) is 0 Å². The van der Waals surface area contributed by atoms with E-state index in [-0.39, 0.29) is 6.10 Å². The van der Waals surface area contributed by atoms with Crippen molar-refractivity contribution in [3.63, 3.8) is 0 Å². The number of hydrogen-bond acceptors (Lipinski definition) is 2. The largest absolute Gasteiger partial charge is 0.393 e. The Morgan fingerprint density at radius 1 is 1.30 bits per heavy atom. The van der Waals surface area contributed by atoms with Crippen LogP contribution in [0.25, 0.3) is 10.9 Å². The van der Waals surface area contributed by atoms with Crippen LogP contribution in [0.15, 0.2) is 30.3 Å². The summed E-state index contributed by atoms with van der Waals surface area (Å²) in [7, 11) is 0. The predicted molar refractivity (Wildman–Crippen MR) is 80.9 cm³/mol. The van der Waals surface area contributed by atoms with Gasteiger partial charge in [-0.15, -0.1) is 0 Å². The van der Waals surface area contributed by atoms with Crippen molar-refractivity contribution < 1.29 is 9.84 Å². The highest BCUT2D eigenvalue weighted by Gasteiger charge is 2.18. The molecule has 0 spiro atoms. The molecule has 1 unspecified atom stereocenters. The minimum absolute atomic E-state index is 0.298. The number of rotatable bonds is 4. The second-order valence-corrected chi connectivity index (χ2v) is 5.91. The maximum Gasteiger partial charge on any atom is 0.0566 e. The summed E-state index contributed by atoms with van der Waals surface area (Å²) in [5, 5.41) is 11.0. The lowest BCUT2D eigenvalue weighted by molar-refractivity contribution is 0.0612. The molecule has 1 aromatic carbocycles. The molecule has 2 heterocycles. The lowest BCUT2D eigenvalue weighted by atomic mass is 10.00. The van der Waals surface area contributed by atoms with Crippen LogP contribution in [0.1, 0.15) is 25.5 Å². The third kappa shape index (κ3) is 2.89. The molecule has 1 fully saturated rings. The minimum atomic E-state index is -0.298. The van der Waals surface area contributed by atoms with Gasteiger partial charge in [0.25, 0.3) is 0 Å². The van der Waals surface area contributed by atoms with Gasteiger partial charge >= 0.3 is 0 Å². The normalized spacial score (nSPS) is 18.5. The first-order valence-electron chi connectivity index (χ1n) is 7.57. The summed E-state index contributed by atoms with van der Waals surface area (Å²) in [6.45, 7) is 4.67. The van der Waals surface area contributed by atoms with E-state index < -0.39 is 0 Å². The van der Waals surface area contributed by atoms with Crippen LogP contribution in [0, 0.1) is 5.92 Å². The zero-order valence-electron chi connectivity index (χ0n) is 12.1. The fraction of sp³-hybridized carbons (Fsp3) is 0.529. The summed E-state index contributed by atoms with van der Waals surface area (Å²) in [5.41, 5.74) is 2.53. The van der Waals surface area contributed by atoms with Gasteiger partial charge in [-0.3, -0.25) is 0 Å². The molecule has 3 heteroatoms. The molecule has 2 aromatic rings. The van der Waals surface area contributed by atoms with Crippen molar-refractivity contribution in [2.75, 3.05) is 13.2 Å². The number of fused-ring (bicyclic) bond motifs is 1. The van der Waals surface area contributed by atoms with Crippen molar-refractivity contribution in [1.29, 1.82) is 0 Å². The summed E-state index contributed by atoms with van der Waals surface area (Å²) >= 11 is 0. The Kier molecular flexibility index (Phi) is 4.08. The minimum Gasteiger partial charge on any atom is -0.393 e. The standard InChI is InChI=1S/C17H23NO2/c1-13(19)10-16-11-15-4-2-3-5-17(15)18(16)12-14-6-8-20-9-7-14/h2-5,11,13-14,19H,6-10,12H2,1H3. The molecule has 0 radical (unpaired) electrons. The van der Waals surface area contributed by atoms with E-state index in [0.29, 0.717) is 5.92 Å². The molecule has 1 aliphatic heterocycles. The lowest BCUT2D eigenvalue weighted by Crippen LogP contribution is -2.22. The fourth-order valence-corrected chi connectivity index (χ4v) is 3.14. The Balaban J connectivity index is 1.92. The fourth-order valence-electron chi connectivity index (χ4n) is 3.14. The third-order valence-electron chi connectivity index (χ3n) is 4.18. The van der Waals surface area contributed by atoms with Crippen molar-refractivity contribution in [3.8, 4) is 0 Å². The molecule has 0 amide bonds. The van der Waals surface area contributed by atoms with Crippen molar-refractivity contribution in [1.82, 2.24) is 4.57 Å². The van der Waals surface area contributed by atoms with Crippen LogP contribution in [0.5, 0.6) is 0 Å². The Bertz CT molecular complexity index is 567. The van der Waals surface area contributed by atoms with Gasteiger partial charge in [0.05, 0.1) is 6.10 Å². The van der Waals surface area contributed by atoms with E-state index in [9.17, 15) is 5.11 Å². The van der Waals surface area contributed by atoms with E-state index in [1.807, 2.05) is 6.92 Å². The molecule has 3 rings (SSSR count). The number of nitrogens with zero attached hydrogens (tertiary/aromatic N) is 1. The van der Waals surface area contributed by atoms with Crippen LogP contribution >= 0.6 is 0 Å². The summed E-state index contributed by atoms with van der Waals surface area (Å²) in [6.07, 6.45) is 2.70. The van der Waals surface area contributed by atoms with Crippen molar-refractivity contribution in [2.24, 2.45) is 5.92 Å². The highest BCUT2D eigenvalue weighted by Crippen LogP contribution is 2.25. The van der Waals surface area contributed by atoms with Gasteiger partial charge in [-0.1, -0.05) is 18.2 Å². The van der Waals surface area contributed by atoms with Crippen LogP contribution in [0.2, 0.25) is 0 Å². The van der Waals surface area contributed by atoms with Gasteiger partial charge in [-0.05, 0) is 43.2 Å². The van der Waals surface area contributed by atoms with Gasteiger partial charge in [0.1, 0.15) is 0 Å². The van der Waals surface area contributed by atoms with E-state index in [1.54, 1.807) is 0 Å². The highest BCUT2D eigenvalue weighted by atomic mass is 16.5. The average molecular weight is 273 g/mol. The SMILES string of the molecule is CC(O)Cc1cc2ccccc2n1CC1CCOCC1. The zero-order valence-corrected chi connectivity index (χ0v) is 12.1. The second-order valence-electron chi connectivity index (χ2n) is 5.91. The van der Waals surface area contributed by atoms with E-state index in [2.05, 4.69) is 34.9 Å². The molecular weight excluding hydrogens is 250 g/mol. The van der Waals surface area contributed by atoms with E-state index >= 15 is 0 Å². The molecule has 1 saturated heterocycles. The average Bonchev–Trinajstić information content (AvgIpc) is 2.77. The maximum atomic E-state index is 9.73. The van der Waals surface area contributed by atoms with Gasteiger partial charge in [0.15, 0.2) is 0 Å². The first-order chi connectivity index (χ1) is 9.74. The first kappa shape index (κ1) is 13.7. The van der Waals surface area contributed by atoms with Crippen LogP contribution in [-0.2, 0) is 17.7 Å². The zero-order chi connectivity index (χ0) is 13.9. The van der Waals surface area contributed by atoms with Gasteiger partial charge in [-0.2, -0.15) is 0 Å². The topological polar surface area (TPSA) is 34.4 Å². The quantitative estimate of drug-likeness (QED) is 0.929. The highest BCUT2D eigenvalue weighted by molar-refractivity contribution is 5.81. The first-order valence-corrected chi connectivity index (χ1v) is 7.57. The Hall–Kier alpha value is -1.32. The molecule has 20 heavy (non-hydrogen) atoms. The summed E-state index contributed by atoms with van der Waals surface area (Å²) in [6, 6.07) is 10.7. The maximum absolute atomic E-state index is 9.73. The molecule has 0 aliphatic carbocycles. The van der Waals surface area contributed by atoms with Crippen LogP contribution in [0.3, 0.4) is 0 Å². The molecule has 3 nitrogen and oxygen atoms in total. The third-order valence-corrected chi connectivity index (χ3v) is 4.18. The Morgan fingerprint density at radius 3 is 2.80 bits per heavy atom. The molecular formula is C17H23NO2. The van der Waals surface area contributed by atoms with Gasteiger partial charge in [0, 0.05) is 37.4 Å².